The zero-order valence-corrected chi connectivity index (χ0v) is 14.2. The number of hydrogen-bond donors (Lipinski definition) is 0. The summed E-state index contributed by atoms with van der Waals surface area (Å²) in [7, 11) is -3.64. The van der Waals surface area contributed by atoms with Gasteiger partial charge in [-0.3, -0.25) is 0 Å². The zero-order valence-electron chi connectivity index (χ0n) is 11.0. The largest absolute Gasteiger partial charge is 0.268 e. The first-order chi connectivity index (χ1) is 10.00. The van der Waals surface area contributed by atoms with E-state index in [1.165, 1.54) is 21.5 Å². The molecule has 0 aliphatic heterocycles. The molecule has 7 heteroatoms. The molecule has 0 saturated heterocycles. The molecule has 0 bridgehead atoms. The number of nitrogens with zero attached hydrogens (tertiary/aromatic N) is 2. The first-order valence-electron chi connectivity index (χ1n) is 6.09. The van der Waals surface area contributed by atoms with Crippen molar-refractivity contribution in [3.63, 3.8) is 0 Å². The van der Waals surface area contributed by atoms with Crippen molar-refractivity contribution in [3.05, 3.63) is 58.1 Å². The SMILES string of the molecule is Cc1ccc(S(=O)(=O)n2ccc(Br)c2-c2nccs2)cc1. The minimum absolute atomic E-state index is 0.258. The van der Waals surface area contributed by atoms with Crippen LogP contribution >= 0.6 is 27.3 Å². The summed E-state index contributed by atoms with van der Waals surface area (Å²) < 4.78 is 27.6. The second kappa shape index (κ2) is 5.40. The van der Waals surface area contributed by atoms with E-state index < -0.39 is 10.0 Å². The predicted octanol–water partition coefficient (Wildman–Crippen LogP) is 3.92. The Morgan fingerprint density at radius 2 is 1.90 bits per heavy atom. The van der Waals surface area contributed by atoms with E-state index in [9.17, 15) is 8.42 Å². The summed E-state index contributed by atoms with van der Waals surface area (Å²) in [6.07, 6.45) is 3.19. The Bertz CT molecular complexity index is 866. The Kier molecular flexibility index (Phi) is 3.73. The molecule has 1 aromatic carbocycles. The van der Waals surface area contributed by atoms with Gasteiger partial charge in [0, 0.05) is 22.2 Å². The quantitative estimate of drug-likeness (QED) is 0.689. The van der Waals surface area contributed by atoms with E-state index in [4.69, 9.17) is 0 Å². The normalized spacial score (nSPS) is 11.7. The molecule has 0 saturated carbocycles. The molecule has 3 rings (SSSR count). The molecule has 0 atom stereocenters. The van der Waals surface area contributed by atoms with Gasteiger partial charge < -0.3 is 0 Å². The van der Waals surface area contributed by atoms with Crippen LogP contribution in [0.3, 0.4) is 0 Å². The van der Waals surface area contributed by atoms with Gasteiger partial charge in [0.05, 0.1) is 4.90 Å². The van der Waals surface area contributed by atoms with E-state index >= 15 is 0 Å². The van der Waals surface area contributed by atoms with Crippen LogP contribution in [0.15, 0.2) is 57.5 Å². The minimum Gasteiger partial charge on any atom is -0.243 e. The van der Waals surface area contributed by atoms with Crippen molar-refractivity contribution in [2.75, 3.05) is 0 Å². The molecule has 2 aromatic heterocycles. The average molecular weight is 383 g/mol. The molecule has 4 nitrogen and oxygen atoms in total. The molecular weight excluding hydrogens is 372 g/mol. The molecule has 2 heterocycles. The molecule has 0 aliphatic rings. The monoisotopic (exact) mass is 382 g/mol. The molecule has 108 valence electrons. The van der Waals surface area contributed by atoms with Crippen molar-refractivity contribution in [1.29, 1.82) is 0 Å². The van der Waals surface area contributed by atoms with Crippen molar-refractivity contribution in [2.45, 2.75) is 11.8 Å². The first kappa shape index (κ1) is 14.5. The van der Waals surface area contributed by atoms with Crippen molar-refractivity contribution in [2.24, 2.45) is 0 Å². The van der Waals surface area contributed by atoms with Gasteiger partial charge in [-0.05, 0) is 41.1 Å². The van der Waals surface area contributed by atoms with Gasteiger partial charge in [0.15, 0.2) is 0 Å². The molecule has 0 fully saturated rings. The third kappa shape index (κ3) is 2.56. The maximum atomic E-state index is 12.8. The number of hydrogen-bond acceptors (Lipinski definition) is 4. The summed E-state index contributed by atoms with van der Waals surface area (Å²) in [5.41, 5.74) is 1.56. The molecule has 3 aromatic rings. The second-order valence-electron chi connectivity index (χ2n) is 4.46. The van der Waals surface area contributed by atoms with E-state index in [-0.39, 0.29) is 4.90 Å². The van der Waals surface area contributed by atoms with Crippen LogP contribution in [0.25, 0.3) is 10.7 Å². The summed E-state index contributed by atoms with van der Waals surface area (Å²) in [4.78, 5) is 4.46. The highest BCUT2D eigenvalue weighted by molar-refractivity contribution is 9.10. The number of aryl methyl sites for hydroxylation is 1. The van der Waals surface area contributed by atoms with Crippen LogP contribution in [0.5, 0.6) is 0 Å². The molecule has 0 N–H and O–H groups in total. The maximum absolute atomic E-state index is 12.8. The van der Waals surface area contributed by atoms with E-state index in [0.717, 1.165) is 5.56 Å². The number of aromatic nitrogens is 2. The van der Waals surface area contributed by atoms with Crippen LogP contribution in [0, 0.1) is 6.92 Å². The van der Waals surface area contributed by atoms with Gasteiger partial charge in [-0.2, -0.15) is 0 Å². The van der Waals surface area contributed by atoms with E-state index in [0.29, 0.717) is 15.2 Å². The molecule has 0 aliphatic carbocycles. The average Bonchev–Trinajstić information content (AvgIpc) is 3.08. The molecule has 0 unspecified atom stereocenters. The third-order valence-corrected chi connectivity index (χ3v) is 6.13. The van der Waals surface area contributed by atoms with Crippen molar-refractivity contribution in [1.82, 2.24) is 8.96 Å². The number of halogens is 1. The van der Waals surface area contributed by atoms with E-state index in [1.54, 1.807) is 36.5 Å². The topological polar surface area (TPSA) is 52.0 Å². The summed E-state index contributed by atoms with van der Waals surface area (Å²) in [5.74, 6) is 0. The first-order valence-corrected chi connectivity index (χ1v) is 9.20. The molecule has 0 amide bonds. The number of thiazole rings is 1. The van der Waals surface area contributed by atoms with Crippen molar-refractivity contribution < 1.29 is 8.42 Å². The van der Waals surface area contributed by atoms with Gasteiger partial charge in [-0.25, -0.2) is 17.4 Å². The smallest absolute Gasteiger partial charge is 0.243 e. The number of benzene rings is 1. The van der Waals surface area contributed by atoms with Gasteiger partial charge in [0.1, 0.15) is 10.7 Å². The van der Waals surface area contributed by atoms with Crippen molar-refractivity contribution in [3.8, 4) is 10.7 Å². The van der Waals surface area contributed by atoms with Gasteiger partial charge in [0.25, 0.3) is 10.0 Å². The summed E-state index contributed by atoms with van der Waals surface area (Å²) in [6, 6.07) is 8.51. The minimum atomic E-state index is -3.64. The molecular formula is C14H11BrN2O2S2. The lowest BCUT2D eigenvalue weighted by atomic mass is 10.2. The van der Waals surface area contributed by atoms with Crippen LogP contribution < -0.4 is 0 Å². The Labute approximate surface area is 135 Å². The van der Waals surface area contributed by atoms with Crippen LogP contribution in [-0.4, -0.2) is 17.4 Å². The maximum Gasteiger partial charge on any atom is 0.268 e. The summed E-state index contributed by atoms with van der Waals surface area (Å²) in [5, 5.41) is 2.47. The van der Waals surface area contributed by atoms with E-state index in [2.05, 4.69) is 20.9 Å². The van der Waals surface area contributed by atoms with Crippen LogP contribution in [-0.2, 0) is 10.0 Å². The summed E-state index contributed by atoms with van der Waals surface area (Å²) in [6.45, 7) is 1.92. The van der Waals surface area contributed by atoms with Crippen LogP contribution in [0.4, 0.5) is 0 Å². The highest BCUT2D eigenvalue weighted by Crippen LogP contribution is 2.33. The lowest BCUT2D eigenvalue weighted by Crippen LogP contribution is -2.13. The molecule has 21 heavy (non-hydrogen) atoms. The molecule has 0 spiro atoms. The second-order valence-corrected chi connectivity index (χ2v) is 8.03. The van der Waals surface area contributed by atoms with Crippen molar-refractivity contribution >= 4 is 37.3 Å². The van der Waals surface area contributed by atoms with Gasteiger partial charge in [-0.1, -0.05) is 17.7 Å². The van der Waals surface area contributed by atoms with Crippen LogP contribution in [0.1, 0.15) is 5.56 Å². The lowest BCUT2D eigenvalue weighted by molar-refractivity contribution is 0.588. The Morgan fingerprint density at radius 1 is 1.19 bits per heavy atom. The highest BCUT2D eigenvalue weighted by atomic mass is 79.9. The fourth-order valence-corrected chi connectivity index (χ4v) is 4.80. The standard InChI is InChI=1S/C14H11BrN2O2S2/c1-10-2-4-11(5-3-10)21(18,19)17-8-6-12(15)13(17)14-16-7-9-20-14/h2-9H,1H3. The van der Waals surface area contributed by atoms with E-state index in [1.807, 2.05) is 12.3 Å². The number of rotatable bonds is 3. The zero-order chi connectivity index (χ0) is 15.0. The molecule has 0 radical (unpaired) electrons. The van der Waals surface area contributed by atoms with Gasteiger partial charge >= 0.3 is 0 Å². The van der Waals surface area contributed by atoms with Gasteiger partial charge in [-0.15, -0.1) is 11.3 Å². The fraction of sp³-hybridized carbons (Fsp3) is 0.0714. The lowest BCUT2D eigenvalue weighted by Gasteiger charge is -2.09. The Morgan fingerprint density at radius 3 is 2.52 bits per heavy atom. The van der Waals surface area contributed by atoms with Crippen LogP contribution in [0.2, 0.25) is 0 Å². The van der Waals surface area contributed by atoms with Gasteiger partial charge in [0.2, 0.25) is 0 Å². The highest BCUT2D eigenvalue weighted by Gasteiger charge is 2.23. The third-order valence-electron chi connectivity index (χ3n) is 3.02. The fourth-order valence-electron chi connectivity index (χ4n) is 1.95. The Hall–Kier alpha value is -1.44. The summed E-state index contributed by atoms with van der Waals surface area (Å²) >= 11 is 4.79. The Balaban J connectivity index is 2.19. The predicted molar refractivity (Wildman–Crippen MR) is 87.0 cm³/mol.